The maximum Gasteiger partial charge on any atom is 0.305 e. The molecule has 12 nitrogen and oxygen atoms in total. The van der Waals surface area contributed by atoms with Gasteiger partial charge in [-0.1, -0.05) is 29.7 Å². The minimum atomic E-state index is -0.304. The summed E-state index contributed by atoms with van der Waals surface area (Å²) in [5, 5.41) is 5.70. The fraction of sp³-hybridized carbons (Fsp3) is 0.833. The summed E-state index contributed by atoms with van der Waals surface area (Å²) in [7, 11) is 1.64. The van der Waals surface area contributed by atoms with Crippen LogP contribution in [0.2, 0.25) is 0 Å². The lowest BCUT2D eigenvalue weighted by atomic mass is 10.1. The molecule has 0 saturated heterocycles. The predicted octanol–water partition coefficient (Wildman–Crippen LogP) is 6.65. The zero-order chi connectivity index (χ0) is 32.7. The molecule has 0 unspecified atom stereocenters. The van der Waals surface area contributed by atoms with Gasteiger partial charge in [-0.25, -0.2) is 0 Å². The fourth-order valence-electron chi connectivity index (χ4n) is 3.96. The van der Waals surface area contributed by atoms with Crippen LogP contribution in [0.4, 0.5) is 0 Å². The molecule has 286 valence electrons. The molecule has 0 rings (SSSR count). The van der Waals surface area contributed by atoms with Crippen molar-refractivity contribution in [3.05, 3.63) is 0 Å². The van der Waals surface area contributed by atoms with Crippen molar-refractivity contribution in [1.82, 2.24) is 10.6 Å². The van der Waals surface area contributed by atoms with Gasteiger partial charge >= 0.3 is 17.9 Å². The van der Waals surface area contributed by atoms with Crippen molar-refractivity contribution in [3.8, 4) is 0 Å². The summed E-state index contributed by atoms with van der Waals surface area (Å²) in [4.78, 5) is 69.8. The molecule has 0 aliphatic heterocycles. The molecule has 0 saturated carbocycles. The van der Waals surface area contributed by atoms with Crippen LogP contribution in [0.3, 0.4) is 0 Å². The number of nitrogens with one attached hydrogen (secondary N) is 2. The summed E-state index contributed by atoms with van der Waals surface area (Å²) in [6, 6.07) is 0. The van der Waals surface area contributed by atoms with Crippen LogP contribution in [0.15, 0.2) is 0 Å². The van der Waals surface area contributed by atoms with Crippen LogP contribution in [0.5, 0.6) is 0 Å². The summed E-state index contributed by atoms with van der Waals surface area (Å²) in [5.74, 6) is -0.803. The van der Waals surface area contributed by atoms with E-state index in [-0.39, 0.29) is 84.8 Å². The van der Waals surface area contributed by atoms with Crippen molar-refractivity contribution < 1.29 is 47.7 Å². The number of ether oxygens (including phenoxy) is 4. The van der Waals surface area contributed by atoms with Gasteiger partial charge in [0.1, 0.15) is 5.78 Å². The summed E-state index contributed by atoms with van der Waals surface area (Å²) in [5.41, 5.74) is 0. The Bertz CT molecular complexity index is 821. The van der Waals surface area contributed by atoms with Crippen LogP contribution < -0.4 is 10.6 Å². The first-order valence-electron chi connectivity index (χ1n) is 16.2. The van der Waals surface area contributed by atoms with Gasteiger partial charge in [-0.3, -0.25) is 24.0 Å². The van der Waals surface area contributed by atoms with Gasteiger partial charge in [0.25, 0.3) is 0 Å². The first-order valence-corrected chi connectivity index (χ1v) is 16.2. The highest BCUT2D eigenvalue weighted by Crippen LogP contribution is 2.05. The Labute approximate surface area is 292 Å². The third-order valence-electron chi connectivity index (χ3n) is 6.55. The molecule has 2 N–H and O–H groups in total. The monoisotopic (exact) mass is 693 g/mol. The number of unbranched alkanes of at least 4 members (excludes halogenated alkanes) is 6. The molecule has 0 aromatic rings. The maximum atomic E-state index is 12.0. The summed E-state index contributed by atoms with van der Waals surface area (Å²) < 4.78 is 20.4. The molecule has 0 aromatic carbocycles. The third kappa shape index (κ3) is 41.0. The largest absolute Gasteiger partial charge is 0.466 e. The highest BCUT2D eigenvalue weighted by molar-refractivity contribution is 5.76. The molecular formula is C36H72N2O10. The molecule has 0 heterocycles. The Kier molecular flexibility index (Phi) is 45.5. The first-order chi connectivity index (χ1) is 21.2. The smallest absolute Gasteiger partial charge is 0.305 e. The number of carbonyl (C=O) groups is 6. The summed E-state index contributed by atoms with van der Waals surface area (Å²) in [6.07, 6.45) is 10.1. The molecular weight excluding hydrogens is 620 g/mol. The van der Waals surface area contributed by atoms with Gasteiger partial charge in [0.2, 0.25) is 11.8 Å². The van der Waals surface area contributed by atoms with E-state index < -0.39 is 0 Å². The molecule has 0 aliphatic carbocycles. The summed E-state index contributed by atoms with van der Waals surface area (Å²) >= 11 is 0. The second-order valence-corrected chi connectivity index (χ2v) is 10.8. The van der Waals surface area contributed by atoms with E-state index in [1.54, 1.807) is 7.11 Å². The van der Waals surface area contributed by atoms with Crippen molar-refractivity contribution in [3.63, 3.8) is 0 Å². The Hall–Kier alpha value is -3.02. The lowest BCUT2D eigenvalue weighted by Gasteiger charge is -2.08. The van der Waals surface area contributed by atoms with Crippen molar-refractivity contribution >= 4 is 35.5 Å². The van der Waals surface area contributed by atoms with Crippen molar-refractivity contribution in [2.45, 2.75) is 152 Å². The molecule has 48 heavy (non-hydrogen) atoms. The van der Waals surface area contributed by atoms with Crippen LogP contribution in [0, 0.1) is 0 Å². The maximum absolute atomic E-state index is 12.0. The second-order valence-electron chi connectivity index (χ2n) is 10.8. The molecule has 0 radical (unpaired) electrons. The van der Waals surface area contributed by atoms with Gasteiger partial charge in [-0.05, 0) is 84.0 Å². The fourth-order valence-corrected chi connectivity index (χ4v) is 3.96. The van der Waals surface area contributed by atoms with E-state index in [2.05, 4.69) is 10.6 Å². The van der Waals surface area contributed by atoms with E-state index in [4.69, 9.17) is 18.9 Å². The minimum absolute atomic E-state index is 0. The van der Waals surface area contributed by atoms with E-state index in [0.717, 1.165) is 25.7 Å². The Balaban J connectivity index is -0.00000154. The van der Waals surface area contributed by atoms with Crippen LogP contribution in [-0.2, 0) is 47.7 Å². The number of rotatable bonds is 30. The number of Topliss-reactive ketones (excluding diaryl/α,β-unsaturated/α-hetero) is 1. The number of carbonyl (C=O) groups excluding carboxylic acids is 6. The predicted molar refractivity (Wildman–Crippen MR) is 191 cm³/mol. The molecule has 2 amide bonds. The van der Waals surface area contributed by atoms with Gasteiger partial charge in [0.05, 0.1) is 19.8 Å². The average molecular weight is 693 g/mol. The Morgan fingerprint density at radius 2 is 0.729 bits per heavy atom. The third-order valence-corrected chi connectivity index (χ3v) is 6.55. The van der Waals surface area contributed by atoms with Crippen molar-refractivity contribution in [1.29, 1.82) is 0 Å². The van der Waals surface area contributed by atoms with Gasteiger partial charge in [0, 0.05) is 65.3 Å². The SMILES string of the molecule is C.C.C.C.COCCCCOC(=O)CCCCC(=O)NCCCCNC(=O)CCCCC(=O)OCCCCOC(=O)CCCCC(C)=O. The molecule has 12 heteroatoms. The van der Waals surface area contributed by atoms with E-state index in [9.17, 15) is 28.8 Å². The van der Waals surface area contributed by atoms with E-state index in [1.165, 1.54) is 6.92 Å². The number of hydrogen-bond donors (Lipinski definition) is 2. The number of hydrogen-bond acceptors (Lipinski definition) is 10. The lowest BCUT2D eigenvalue weighted by Crippen LogP contribution is -2.27. The van der Waals surface area contributed by atoms with E-state index >= 15 is 0 Å². The molecule has 0 aromatic heterocycles. The zero-order valence-electron chi connectivity index (χ0n) is 27.1. The molecule has 0 bridgehead atoms. The molecule has 0 aliphatic rings. The number of amides is 2. The Morgan fingerprint density at radius 1 is 0.417 bits per heavy atom. The first kappa shape index (κ1) is 54.4. The van der Waals surface area contributed by atoms with Gasteiger partial charge in [0.15, 0.2) is 0 Å². The normalized spacial score (nSPS) is 9.71. The Morgan fingerprint density at radius 3 is 1.06 bits per heavy atom. The van der Waals surface area contributed by atoms with Crippen LogP contribution in [0.1, 0.15) is 152 Å². The van der Waals surface area contributed by atoms with E-state index in [0.29, 0.717) is 110 Å². The van der Waals surface area contributed by atoms with Gasteiger partial charge in [-0.15, -0.1) is 0 Å². The van der Waals surface area contributed by atoms with Crippen LogP contribution >= 0.6 is 0 Å². The van der Waals surface area contributed by atoms with Gasteiger partial charge < -0.3 is 34.4 Å². The second kappa shape index (κ2) is 40.2. The molecule has 0 atom stereocenters. The highest BCUT2D eigenvalue weighted by atomic mass is 16.5. The zero-order valence-corrected chi connectivity index (χ0v) is 27.1. The van der Waals surface area contributed by atoms with Crippen LogP contribution in [-0.4, -0.2) is 82.1 Å². The van der Waals surface area contributed by atoms with Crippen molar-refractivity contribution in [2.75, 3.05) is 46.6 Å². The minimum Gasteiger partial charge on any atom is -0.466 e. The van der Waals surface area contributed by atoms with Crippen molar-refractivity contribution in [2.24, 2.45) is 0 Å². The quantitative estimate of drug-likeness (QED) is 0.0473. The number of ketones is 1. The van der Waals surface area contributed by atoms with E-state index in [1.807, 2.05) is 0 Å². The van der Waals surface area contributed by atoms with Gasteiger partial charge in [-0.2, -0.15) is 0 Å². The standard InChI is InChI=1S/C32H56N2O10.4CH4/c1-27(35)15-3-6-18-30(38)43-25-13-14-26-44-32(40)20-8-5-17-29(37)34-22-10-9-21-33-28(36)16-4-7-19-31(39)42-24-12-11-23-41-2;;;;/h3-26H2,1-2H3,(H,33,36)(H,34,37);4*1H4. The molecule has 0 spiro atoms. The lowest BCUT2D eigenvalue weighted by molar-refractivity contribution is -0.146. The van der Waals surface area contributed by atoms with Crippen LogP contribution in [0.25, 0.3) is 0 Å². The average Bonchev–Trinajstić information content (AvgIpc) is 2.99. The number of methoxy groups -OCH3 is 1. The summed E-state index contributed by atoms with van der Waals surface area (Å²) in [6.45, 7) is 4.20. The highest BCUT2D eigenvalue weighted by Gasteiger charge is 2.08. The topological polar surface area (TPSA) is 163 Å². The molecule has 0 fully saturated rings. The number of esters is 3.